The van der Waals surface area contributed by atoms with Crippen molar-refractivity contribution in [1.82, 2.24) is 9.55 Å². The first-order valence-electron chi connectivity index (χ1n) is 9.93. The first-order chi connectivity index (χ1) is 13.0. The van der Waals surface area contributed by atoms with E-state index in [1.807, 2.05) is 13.8 Å². The molecular formula is C20H30N3O4+. The highest BCUT2D eigenvalue weighted by atomic mass is 16.5. The molecule has 27 heavy (non-hydrogen) atoms. The summed E-state index contributed by atoms with van der Waals surface area (Å²) in [7, 11) is 0. The second kappa shape index (κ2) is 8.61. The Morgan fingerprint density at radius 2 is 1.74 bits per heavy atom. The van der Waals surface area contributed by atoms with E-state index >= 15 is 0 Å². The van der Waals surface area contributed by atoms with Crippen LogP contribution in [0.2, 0.25) is 0 Å². The third kappa shape index (κ3) is 4.35. The first kappa shape index (κ1) is 19.5. The van der Waals surface area contributed by atoms with E-state index in [2.05, 4.69) is 11.9 Å². The zero-order valence-corrected chi connectivity index (χ0v) is 16.5. The number of hydrogen-bond donors (Lipinski definition) is 2. The molecule has 0 saturated carbocycles. The molecule has 0 radical (unpaired) electrons. The van der Waals surface area contributed by atoms with Crippen LogP contribution in [0.15, 0.2) is 21.7 Å². The Morgan fingerprint density at radius 3 is 2.37 bits per heavy atom. The lowest BCUT2D eigenvalue weighted by atomic mass is 9.99. The quantitative estimate of drug-likeness (QED) is 0.749. The number of H-pyrrole nitrogens is 1. The van der Waals surface area contributed by atoms with E-state index in [9.17, 15) is 9.59 Å². The molecule has 1 saturated heterocycles. The van der Waals surface area contributed by atoms with Gasteiger partial charge in [0.05, 0.1) is 50.3 Å². The molecule has 7 heteroatoms. The lowest BCUT2D eigenvalue weighted by Gasteiger charge is -2.27. The van der Waals surface area contributed by atoms with Gasteiger partial charge in [-0.1, -0.05) is 6.92 Å². The number of aromatic amines is 1. The SMILES string of the molecule is CCOc1cc2[nH]c(=O)n(CC[NH+]3CCC(C)CC3)c(=O)c2cc1OCC. The Balaban J connectivity index is 1.91. The van der Waals surface area contributed by atoms with Gasteiger partial charge in [0.25, 0.3) is 5.56 Å². The monoisotopic (exact) mass is 376 g/mol. The van der Waals surface area contributed by atoms with Crippen molar-refractivity contribution in [2.24, 2.45) is 5.92 Å². The molecule has 2 aromatic rings. The molecular weight excluding hydrogens is 346 g/mol. The van der Waals surface area contributed by atoms with Crippen LogP contribution < -0.4 is 25.6 Å². The predicted molar refractivity (Wildman–Crippen MR) is 105 cm³/mol. The summed E-state index contributed by atoms with van der Waals surface area (Å²) >= 11 is 0. The van der Waals surface area contributed by atoms with Gasteiger partial charge in [0.1, 0.15) is 0 Å². The summed E-state index contributed by atoms with van der Waals surface area (Å²) < 4.78 is 12.5. The number of nitrogens with zero attached hydrogens (tertiary/aromatic N) is 1. The number of fused-ring (bicyclic) bond motifs is 1. The maximum absolute atomic E-state index is 12.9. The number of hydrogen-bond acceptors (Lipinski definition) is 4. The van der Waals surface area contributed by atoms with Crippen LogP contribution in [-0.2, 0) is 6.54 Å². The van der Waals surface area contributed by atoms with Crippen molar-refractivity contribution < 1.29 is 14.4 Å². The first-order valence-corrected chi connectivity index (χ1v) is 9.93. The van der Waals surface area contributed by atoms with Crippen molar-refractivity contribution in [2.45, 2.75) is 40.2 Å². The standard InChI is InChI=1S/C20H29N3O4/c1-4-26-17-12-15-16(13-18(17)27-5-2)21-20(25)23(19(15)24)11-10-22-8-6-14(3)7-9-22/h12-14H,4-11H2,1-3H3,(H,21,25)/p+1. The van der Waals surface area contributed by atoms with Crippen molar-refractivity contribution in [3.05, 3.63) is 33.0 Å². The number of piperidine rings is 1. The van der Waals surface area contributed by atoms with E-state index in [1.54, 1.807) is 12.1 Å². The Bertz CT molecular complexity index is 894. The Hall–Kier alpha value is -2.28. The summed E-state index contributed by atoms with van der Waals surface area (Å²) in [5.74, 6) is 1.83. The lowest BCUT2D eigenvalue weighted by molar-refractivity contribution is -0.906. The summed E-state index contributed by atoms with van der Waals surface area (Å²) in [6, 6.07) is 3.35. The van der Waals surface area contributed by atoms with Gasteiger partial charge in [0.15, 0.2) is 11.5 Å². The van der Waals surface area contributed by atoms with Crippen molar-refractivity contribution in [3.8, 4) is 11.5 Å². The number of aromatic nitrogens is 2. The third-order valence-electron chi connectivity index (χ3n) is 5.32. The van der Waals surface area contributed by atoms with Gasteiger partial charge in [-0.05, 0) is 38.7 Å². The van der Waals surface area contributed by atoms with Crippen LogP contribution in [-0.4, -0.2) is 42.4 Å². The van der Waals surface area contributed by atoms with Crippen LogP contribution in [0.25, 0.3) is 10.9 Å². The average molecular weight is 376 g/mol. The fourth-order valence-corrected chi connectivity index (χ4v) is 3.69. The summed E-state index contributed by atoms with van der Waals surface area (Å²) in [4.78, 5) is 29.7. The fraction of sp³-hybridized carbons (Fsp3) is 0.600. The van der Waals surface area contributed by atoms with Gasteiger partial charge >= 0.3 is 5.69 Å². The van der Waals surface area contributed by atoms with Gasteiger partial charge in [-0.25, -0.2) is 4.79 Å². The molecule has 7 nitrogen and oxygen atoms in total. The van der Waals surface area contributed by atoms with Crippen LogP contribution in [0.1, 0.15) is 33.6 Å². The van der Waals surface area contributed by atoms with Crippen molar-refractivity contribution >= 4 is 10.9 Å². The fourth-order valence-electron chi connectivity index (χ4n) is 3.69. The normalized spacial score (nSPS) is 20.0. The van der Waals surface area contributed by atoms with E-state index in [1.165, 1.54) is 22.3 Å². The second-order valence-corrected chi connectivity index (χ2v) is 7.28. The minimum atomic E-state index is -0.371. The Labute approximate surface area is 158 Å². The number of rotatable bonds is 7. The highest BCUT2D eigenvalue weighted by Crippen LogP contribution is 2.30. The molecule has 0 aliphatic carbocycles. The highest BCUT2D eigenvalue weighted by molar-refractivity contribution is 5.81. The minimum absolute atomic E-state index is 0.275. The maximum atomic E-state index is 12.9. The molecule has 2 heterocycles. The zero-order chi connectivity index (χ0) is 19.4. The van der Waals surface area contributed by atoms with Crippen LogP contribution in [0, 0.1) is 5.92 Å². The van der Waals surface area contributed by atoms with Crippen LogP contribution in [0.4, 0.5) is 0 Å². The summed E-state index contributed by atoms with van der Waals surface area (Å²) in [5.41, 5.74) is -0.168. The maximum Gasteiger partial charge on any atom is 0.329 e. The van der Waals surface area contributed by atoms with Crippen molar-refractivity contribution in [1.29, 1.82) is 0 Å². The minimum Gasteiger partial charge on any atom is -0.490 e. The molecule has 1 aromatic carbocycles. The third-order valence-corrected chi connectivity index (χ3v) is 5.32. The zero-order valence-electron chi connectivity index (χ0n) is 16.5. The van der Waals surface area contributed by atoms with Crippen LogP contribution in [0.5, 0.6) is 11.5 Å². The van der Waals surface area contributed by atoms with E-state index < -0.39 is 0 Å². The van der Waals surface area contributed by atoms with Crippen LogP contribution >= 0.6 is 0 Å². The molecule has 1 fully saturated rings. The Morgan fingerprint density at radius 1 is 1.11 bits per heavy atom. The van der Waals surface area contributed by atoms with Crippen molar-refractivity contribution in [2.75, 3.05) is 32.8 Å². The molecule has 3 rings (SSSR count). The lowest BCUT2D eigenvalue weighted by Crippen LogP contribution is -3.13. The molecule has 1 aromatic heterocycles. The number of likely N-dealkylation sites (tertiary alicyclic amines) is 1. The summed E-state index contributed by atoms with van der Waals surface area (Å²) in [5, 5.41) is 0.448. The molecule has 1 aliphatic heterocycles. The highest BCUT2D eigenvalue weighted by Gasteiger charge is 2.20. The van der Waals surface area contributed by atoms with Crippen molar-refractivity contribution in [3.63, 3.8) is 0 Å². The molecule has 0 unspecified atom stereocenters. The molecule has 0 bridgehead atoms. The van der Waals surface area contributed by atoms with Crippen LogP contribution in [0.3, 0.4) is 0 Å². The van der Waals surface area contributed by atoms with Gasteiger partial charge in [0.2, 0.25) is 0 Å². The molecule has 0 atom stereocenters. The largest absolute Gasteiger partial charge is 0.490 e. The van der Waals surface area contributed by atoms with Gasteiger partial charge in [-0.3, -0.25) is 9.36 Å². The Kier molecular flexibility index (Phi) is 6.21. The number of benzene rings is 1. The van der Waals surface area contributed by atoms with E-state index in [4.69, 9.17) is 9.47 Å². The molecule has 148 valence electrons. The second-order valence-electron chi connectivity index (χ2n) is 7.28. The smallest absolute Gasteiger partial charge is 0.329 e. The van der Waals surface area contributed by atoms with Gasteiger partial charge < -0.3 is 19.4 Å². The van der Waals surface area contributed by atoms with Gasteiger partial charge in [-0.2, -0.15) is 0 Å². The van der Waals surface area contributed by atoms with E-state index in [-0.39, 0.29) is 11.2 Å². The molecule has 1 aliphatic rings. The topological polar surface area (TPSA) is 77.8 Å². The number of nitrogens with one attached hydrogen (secondary N) is 2. The average Bonchev–Trinajstić information content (AvgIpc) is 2.64. The number of quaternary nitrogens is 1. The summed E-state index contributed by atoms with van der Waals surface area (Å²) in [6.07, 6.45) is 2.41. The molecule has 0 amide bonds. The van der Waals surface area contributed by atoms with Gasteiger partial charge in [0, 0.05) is 6.07 Å². The van der Waals surface area contributed by atoms with E-state index in [0.29, 0.717) is 42.2 Å². The van der Waals surface area contributed by atoms with E-state index in [0.717, 1.165) is 25.6 Å². The predicted octanol–water partition coefficient (Wildman–Crippen LogP) is 0.802. The molecule has 0 spiro atoms. The number of ether oxygens (including phenoxy) is 2. The summed E-state index contributed by atoms with van der Waals surface area (Å²) in [6.45, 7) is 10.4. The van der Waals surface area contributed by atoms with Gasteiger partial charge in [-0.15, -0.1) is 0 Å². The molecule has 2 N–H and O–H groups in total.